The Labute approximate surface area is 109 Å². The number of hydrogen-bond donors (Lipinski definition) is 0. The Morgan fingerprint density at radius 2 is 2.06 bits per heavy atom. The molecule has 0 radical (unpaired) electrons. The van der Waals surface area contributed by atoms with Crippen LogP contribution in [0.3, 0.4) is 0 Å². The molecule has 0 N–H and O–H groups in total. The highest BCUT2D eigenvalue weighted by Gasteiger charge is 2.31. The molecule has 1 saturated carbocycles. The van der Waals surface area contributed by atoms with E-state index >= 15 is 0 Å². The van der Waals surface area contributed by atoms with Crippen molar-refractivity contribution in [2.45, 2.75) is 31.5 Å². The lowest BCUT2D eigenvalue weighted by molar-refractivity contribution is -0.137. The molecule has 1 heterocycles. The molecular formula is C12H14ClF3N2. The highest BCUT2D eigenvalue weighted by atomic mass is 35.5. The Morgan fingerprint density at radius 1 is 1.33 bits per heavy atom. The van der Waals surface area contributed by atoms with Crippen molar-refractivity contribution in [3.05, 3.63) is 23.9 Å². The number of nitrogens with zero attached hydrogens (tertiary/aromatic N) is 2. The second-order valence-electron chi connectivity index (χ2n) is 4.37. The summed E-state index contributed by atoms with van der Waals surface area (Å²) in [5.74, 6) is 1.02. The molecule has 0 spiro atoms. The van der Waals surface area contributed by atoms with Crippen molar-refractivity contribution in [2.75, 3.05) is 17.3 Å². The van der Waals surface area contributed by atoms with Gasteiger partial charge in [0.25, 0.3) is 0 Å². The first-order valence-corrected chi connectivity index (χ1v) is 6.41. The molecule has 1 fully saturated rings. The van der Waals surface area contributed by atoms with Crippen molar-refractivity contribution in [1.29, 1.82) is 0 Å². The normalized spacial score (nSPS) is 16.4. The van der Waals surface area contributed by atoms with Gasteiger partial charge in [-0.05, 0) is 31.4 Å². The van der Waals surface area contributed by atoms with Crippen molar-refractivity contribution >= 4 is 17.4 Å². The molecule has 0 aliphatic heterocycles. The van der Waals surface area contributed by atoms with Gasteiger partial charge >= 0.3 is 6.18 Å². The van der Waals surface area contributed by atoms with Gasteiger partial charge < -0.3 is 4.90 Å². The van der Waals surface area contributed by atoms with E-state index in [1.165, 1.54) is 6.07 Å². The lowest BCUT2D eigenvalue weighted by Gasteiger charge is -2.38. The summed E-state index contributed by atoms with van der Waals surface area (Å²) in [7, 11) is 0. The molecule has 0 amide bonds. The summed E-state index contributed by atoms with van der Waals surface area (Å²) in [6, 6.07) is 2.86. The summed E-state index contributed by atoms with van der Waals surface area (Å²) < 4.78 is 37.3. The van der Waals surface area contributed by atoms with E-state index in [1.54, 1.807) is 0 Å². The lowest BCUT2D eigenvalue weighted by Crippen LogP contribution is -2.41. The molecule has 1 aliphatic carbocycles. The van der Waals surface area contributed by atoms with Crippen LogP contribution in [-0.2, 0) is 6.18 Å². The van der Waals surface area contributed by atoms with E-state index in [-0.39, 0.29) is 0 Å². The van der Waals surface area contributed by atoms with Crippen molar-refractivity contribution in [3.8, 4) is 0 Å². The minimum Gasteiger partial charge on any atom is -0.352 e. The largest absolute Gasteiger partial charge is 0.417 e. The highest BCUT2D eigenvalue weighted by molar-refractivity contribution is 6.18. The SMILES string of the molecule is FC(F)(F)c1ccc(N(CCCl)C2CCC2)nc1. The molecule has 1 aromatic heterocycles. The van der Waals surface area contributed by atoms with Crippen LogP contribution in [0.25, 0.3) is 0 Å². The lowest BCUT2D eigenvalue weighted by atomic mass is 9.91. The molecule has 100 valence electrons. The quantitative estimate of drug-likeness (QED) is 0.781. The third kappa shape index (κ3) is 2.88. The maximum atomic E-state index is 12.4. The Kier molecular flexibility index (Phi) is 4.00. The summed E-state index contributed by atoms with van der Waals surface area (Å²) in [5, 5.41) is 0. The summed E-state index contributed by atoms with van der Waals surface area (Å²) in [6.07, 6.45) is -0.183. The van der Waals surface area contributed by atoms with Crippen molar-refractivity contribution in [1.82, 2.24) is 4.98 Å². The summed E-state index contributed by atoms with van der Waals surface area (Å²) >= 11 is 5.73. The fourth-order valence-electron chi connectivity index (χ4n) is 2.00. The second-order valence-corrected chi connectivity index (χ2v) is 4.75. The van der Waals surface area contributed by atoms with Gasteiger partial charge in [-0.3, -0.25) is 0 Å². The molecular weight excluding hydrogens is 265 g/mol. The average molecular weight is 279 g/mol. The first-order chi connectivity index (χ1) is 8.52. The standard InChI is InChI=1S/C12H14ClF3N2/c13-6-7-18(10-2-1-3-10)11-5-4-9(8-17-11)12(14,15)16/h4-5,8,10H,1-3,6-7H2. The van der Waals surface area contributed by atoms with Crippen LogP contribution in [0.15, 0.2) is 18.3 Å². The number of rotatable bonds is 4. The number of anilines is 1. The van der Waals surface area contributed by atoms with Gasteiger partial charge in [-0.1, -0.05) is 0 Å². The maximum absolute atomic E-state index is 12.4. The zero-order valence-electron chi connectivity index (χ0n) is 9.75. The van der Waals surface area contributed by atoms with Crippen LogP contribution in [0.1, 0.15) is 24.8 Å². The third-order valence-electron chi connectivity index (χ3n) is 3.21. The van der Waals surface area contributed by atoms with Crippen LogP contribution in [-0.4, -0.2) is 23.5 Å². The van der Waals surface area contributed by atoms with Crippen LogP contribution >= 0.6 is 11.6 Å². The van der Waals surface area contributed by atoms with E-state index < -0.39 is 11.7 Å². The monoisotopic (exact) mass is 278 g/mol. The molecule has 1 aromatic rings. The van der Waals surface area contributed by atoms with Crippen molar-refractivity contribution in [2.24, 2.45) is 0 Å². The van der Waals surface area contributed by atoms with E-state index in [0.29, 0.717) is 24.3 Å². The maximum Gasteiger partial charge on any atom is 0.417 e. The van der Waals surface area contributed by atoms with Crippen LogP contribution in [0.5, 0.6) is 0 Å². The van der Waals surface area contributed by atoms with Gasteiger partial charge in [0.1, 0.15) is 5.82 Å². The number of halogens is 4. The zero-order chi connectivity index (χ0) is 13.2. The van der Waals surface area contributed by atoms with Gasteiger partial charge in [-0.25, -0.2) is 4.98 Å². The minimum absolute atomic E-state index is 0.369. The smallest absolute Gasteiger partial charge is 0.352 e. The van der Waals surface area contributed by atoms with Gasteiger partial charge in [0, 0.05) is 24.7 Å². The predicted octanol–water partition coefficient (Wildman–Crippen LogP) is 3.70. The molecule has 0 atom stereocenters. The van der Waals surface area contributed by atoms with E-state index in [2.05, 4.69) is 4.98 Å². The third-order valence-corrected chi connectivity index (χ3v) is 3.38. The van der Waals surface area contributed by atoms with Gasteiger partial charge in [-0.15, -0.1) is 11.6 Å². The van der Waals surface area contributed by atoms with E-state index in [9.17, 15) is 13.2 Å². The number of pyridine rings is 1. The first-order valence-electron chi connectivity index (χ1n) is 5.88. The Bertz CT molecular complexity index is 387. The number of hydrogen-bond acceptors (Lipinski definition) is 2. The summed E-state index contributed by atoms with van der Waals surface area (Å²) in [5.41, 5.74) is -0.717. The molecule has 2 rings (SSSR count). The molecule has 2 nitrogen and oxygen atoms in total. The van der Waals surface area contributed by atoms with Crippen LogP contribution in [0, 0.1) is 0 Å². The fraction of sp³-hybridized carbons (Fsp3) is 0.583. The Morgan fingerprint density at radius 3 is 2.44 bits per heavy atom. The topological polar surface area (TPSA) is 16.1 Å². The van der Waals surface area contributed by atoms with Crippen LogP contribution < -0.4 is 4.90 Å². The molecule has 18 heavy (non-hydrogen) atoms. The van der Waals surface area contributed by atoms with Gasteiger partial charge in [0.2, 0.25) is 0 Å². The number of alkyl halides is 4. The Balaban J connectivity index is 2.15. The van der Waals surface area contributed by atoms with Gasteiger partial charge in [0.15, 0.2) is 0 Å². The van der Waals surface area contributed by atoms with Crippen LogP contribution in [0.4, 0.5) is 19.0 Å². The molecule has 0 bridgehead atoms. The van der Waals surface area contributed by atoms with E-state index in [0.717, 1.165) is 31.5 Å². The molecule has 0 saturated heterocycles. The summed E-state index contributed by atoms with van der Waals surface area (Å²) in [6.45, 7) is 0.616. The molecule has 0 aromatic carbocycles. The zero-order valence-corrected chi connectivity index (χ0v) is 10.5. The van der Waals surface area contributed by atoms with Gasteiger partial charge in [0.05, 0.1) is 5.56 Å². The molecule has 6 heteroatoms. The first kappa shape index (κ1) is 13.5. The fourth-order valence-corrected chi connectivity index (χ4v) is 2.18. The van der Waals surface area contributed by atoms with Crippen LogP contribution in [0.2, 0.25) is 0 Å². The van der Waals surface area contributed by atoms with Crippen molar-refractivity contribution < 1.29 is 13.2 Å². The molecule has 0 unspecified atom stereocenters. The number of aromatic nitrogens is 1. The highest BCUT2D eigenvalue weighted by Crippen LogP contribution is 2.32. The minimum atomic E-state index is -4.33. The summed E-state index contributed by atoms with van der Waals surface area (Å²) in [4.78, 5) is 5.91. The average Bonchev–Trinajstić information content (AvgIpc) is 2.25. The molecule has 1 aliphatic rings. The predicted molar refractivity (Wildman–Crippen MR) is 64.9 cm³/mol. The second kappa shape index (κ2) is 5.34. The van der Waals surface area contributed by atoms with E-state index in [4.69, 9.17) is 11.6 Å². The Hall–Kier alpha value is -0.970. The van der Waals surface area contributed by atoms with Crippen molar-refractivity contribution in [3.63, 3.8) is 0 Å². The van der Waals surface area contributed by atoms with E-state index in [1.807, 2.05) is 4.90 Å². The van der Waals surface area contributed by atoms with Gasteiger partial charge in [-0.2, -0.15) is 13.2 Å².